The van der Waals surface area contributed by atoms with Gasteiger partial charge in [-0.2, -0.15) is 5.10 Å². The molecule has 0 fully saturated rings. The SMILES string of the molecule is CN(C)S(=O)(=O)c1ccc(OCCSc2nc3c(cnn3-c3ccccc3)c(=O)[nH]2)cc1. The minimum absolute atomic E-state index is 0.203. The van der Waals surface area contributed by atoms with Crippen molar-refractivity contribution in [1.29, 1.82) is 0 Å². The average molecular weight is 472 g/mol. The van der Waals surface area contributed by atoms with Crippen molar-refractivity contribution < 1.29 is 13.2 Å². The number of ether oxygens (including phenoxy) is 1. The fourth-order valence-corrected chi connectivity index (χ4v) is 4.52. The van der Waals surface area contributed by atoms with E-state index in [4.69, 9.17) is 4.74 Å². The highest BCUT2D eigenvalue weighted by molar-refractivity contribution is 7.99. The molecular formula is C21H21N5O4S2. The van der Waals surface area contributed by atoms with Crippen molar-refractivity contribution in [2.75, 3.05) is 26.5 Å². The summed E-state index contributed by atoms with van der Waals surface area (Å²) in [5.74, 6) is 1.09. The number of hydrogen-bond acceptors (Lipinski definition) is 7. The third-order valence-electron chi connectivity index (χ3n) is 4.61. The van der Waals surface area contributed by atoms with Gasteiger partial charge in [-0.25, -0.2) is 22.4 Å². The molecule has 4 rings (SSSR count). The van der Waals surface area contributed by atoms with E-state index in [1.165, 1.54) is 44.2 Å². The van der Waals surface area contributed by atoms with E-state index in [-0.39, 0.29) is 10.5 Å². The average Bonchev–Trinajstić information content (AvgIpc) is 3.22. The standard InChI is InChI=1S/C21H21N5O4S2/c1-25(2)32(28,29)17-10-8-16(9-11-17)30-12-13-31-21-23-19-18(20(27)24-21)14-22-26(19)15-6-4-3-5-7-15/h3-11,14H,12-13H2,1-2H3,(H,23,24,27). The maximum absolute atomic E-state index is 12.4. The molecule has 2 aromatic carbocycles. The second-order valence-corrected chi connectivity index (χ2v) is 10.2. The van der Waals surface area contributed by atoms with Crippen LogP contribution in [0.15, 0.2) is 75.6 Å². The first kappa shape index (κ1) is 22.1. The van der Waals surface area contributed by atoms with Crippen molar-refractivity contribution in [3.63, 3.8) is 0 Å². The molecule has 0 aliphatic heterocycles. The van der Waals surface area contributed by atoms with E-state index in [9.17, 15) is 13.2 Å². The van der Waals surface area contributed by atoms with Crippen LogP contribution in [-0.4, -0.2) is 58.9 Å². The second kappa shape index (κ2) is 9.15. The number of sulfonamides is 1. The van der Waals surface area contributed by atoms with Crippen molar-refractivity contribution in [2.45, 2.75) is 10.1 Å². The molecule has 9 nitrogen and oxygen atoms in total. The van der Waals surface area contributed by atoms with Gasteiger partial charge in [-0.3, -0.25) is 4.79 Å². The van der Waals surface area contributed by atoms with Gasteiger partial charge in [0, 0.05) is 19.8 Å². The van der Waals surface area contributed by atoms with E-state index in [0.29, 0.717) is 34.3 Å². The molecule has 0 unspecified atom stereocenters. The molecule has 0 radical (unpaired) electrons. The Balaban J connectivity index is 1.41. The summed E-state index contributed by atoms with van der Waals surface area (Å²) in [6, 6.07) is 15.7. The summed E-state index contributed by atoms with van der Waals surface area (Å²) >= 11 is 1.35. The van der Waals surface area contributed by atoms with Crippen molar-refractivity contribution in [3.8, 4) is 11.4 Å². The number of nitrogens with one attached hydrogen (secondary N) is 1. The number of para-hydroxylation sites is 1. The van der Waals surface area contributed by atoms with Crippen LogP contribution in [0.5, 0.6) is 5.75 Å². The van der Waals surface area contributed by atoms with E-state index < -0.39 is 10.0 Å². The number of rotatable bonds is 8. The summed E-state index contributed by atoms with van der Waals surface area (Å²) in [7, 11) is -0.500. The molecule has 2 heterocycles. The Morgan fingerprint density at radius 2 is 1.81 bits per heavy atom. The van der Waals surface area contributed by atoms with Crippen molar-refractivity contribution in [1.82, 2.24) is 24.1 Å². The monoisotopic (exact) mass is 471 g/mol. The van der Waals surface area contributed by atoms with Gasteiger partial charge >= 0.3 is 0 Å². The Labute approximate surface area is 189 Å². The van der Waals surface area contributed by atoms with E-state index in [2.05, 4.69) is 15.1 Å². The molecule has 0 atom stereocenters. The summed E-state index contributed by atoms with van der Waals surface area (Å²) < 4.78 is 32.7. The van der Waals surface area contributed by atoms with E-state index in [1.54, 1.807) is 16.8 Å². The van der Waals surface area contributed by atoms with Gasteiger partial charge in [0.05, 0.1) is 23.4 Å². The van der Waals surface area contributed by atoms with Crippen LogP contribution in [0, 0.1) is 0 Å². The van der Waals surface area contributed by atoms with Crippen LogP contribution in [-0.2, 0) is 10.0 Å². The quantitative estimate of drug-likeness (QED) is 0.239. The van der Waals surface area contributed by atoms with Gasteiger partial charge < -0.3 is 9.72 Å². The van der Waals surface area contributed by atoms with Gasteiger partial charge in [0.25, 0.3) is 5.56 Å². The number of benzene rings is 2. The predicted octanol–water partition coefficient (Wildman–Crippen LogP) is 2.53. The van der Waals surface area contributed by atoms with Gasteiger partial charge in [-0.05, 0) is 36.4 Å². The first-order valence-corrected chi connectivity index (χ1v) is 12.1. The fraction of sp³-hybridized carbons (Fsp3) is 0.190. The third-order valence-corrected chi connectivity index (χ3v) is 7.28. The zero-order valence-electron chi connectivity index (χ0n) is 17.4. The number of fused-ring (bicyclic) bond motifs is 1. The largest absolute Gasteiger partial charge is 0.493 e. The normalized spacial score (nSPS) is 11.8. The lowest BCUT2D eigenvalue weighted by Gasteiger charge is -2.12. The van der Waals surface area contributed by atoms with Crippen molar-refractivity contribution in [2.24, 2.45) is 0 Å². The van der Waals surface area contributed by atoms with E-state index >= 15 is 0 Å². The Bertz CT molecular complexity index is 1380. The van der Waals surface area contributed by atoms with Gasteiger partial charge in [0.15, 0.2) is 10.8 Å². The van der Waals surface area contributed by atoms with Crippen LogP contribution >= 0.6 is 11.8 Å². The third kappa shape index (κ3) is 4.54. The molecule has 1 N–H and O–H groups in total. The van der Waals surface area contributed by atoms with Gasteiger partial charge in [0.1, 0.15) is 11.1 Å². The first-order valence-electron chi connectivity index (χ1n) is 9.68. The topological polar surface area (TPSA) is 110 Å². The molecule has 0 amide bonds. The lowest BCUT2D eigenvalue weighted by atomic mass is 10.3. The van der Waals surface area contributed by atoms with Crippen LogP contribution in [0.1, 0.15) is 0 Å². The van der Waals surface area contributed by atoms with Crippen LogP contribution in [0.3, 0.4) is 0 Å². The first-order chi connectivity index (χ1) is 15.4. The summed E-state index contributed by atoms with van der Waals surface area (Å²) in [6.45, 7) is 0.351. The second-order valence-electron chi connectivity index (χ2n) is 6.96. The Kier molecular flexibility index (Phi) is 6.31. The van der Waals surface area contributed by atoms with Gasteiger partial charge in [-0.1, -0.05) is 30.0 Å². The molecule has 0 aliphatic rings. The highest BCUT2D eigenvalue weighted by Crippen LogP contribution is 2.20. The zero-order valence-corrected chi connectivity index (χ0v) is 19.1. The maximum atomic E-state index is 12.4. The van der Waals surface area contributed by atoms with Crippen molar-refractivity contribution in [3.05, 3.63) is 71.1 Å². The molecule has 0 aliphatic carbocycles. The molecule has 0 spiro atoms. The summed E-state index contributed by atoms with van der Waals surface area (Å²) in [6.07, 6.45) is 1.51. The molecule has 2 aromatic heterocycles. The number of aromatic amines is 1. The number of nitrogens with zero attached hydrogens (tertiary/aromatic N) is 4. The molecule has 0 saturated carbocycles. The molecule has 11 heteroatoms. The summed E-state index contributed by atoms with van der Waals surface area (Å²) in [5.41, 5.74) is 1.05. The van der Waals surface area contributed by atoms with Crippen LogP contribution in [0.2, 0.25) is 0 Å². The maximum Gasteiger partial charge on any atom is 0.262 e. The number of aromatic nitrogens is 4. The van der Waals surface area contributed by atoms with Crippen LogP contribution in [0.4, 0.5) is 0 Å². The number of H-pyrrole nitrogens is 1. The van der Waals surface area contributed by atoms with E-state index in [0.717, 1.165) is 9.99 Å². The van der Waals surface area contributed by atoms with Crippen LogP contribution < -0.4 is 10.3 Å². The van der Waals surface area contributed by atoms with Crippen molar-refractivity contribution >= 4 is 32.8 Å². The lowest BCUT2D eigenvalue weighted by Crippen LogP contribution is -2.22. The highest BCUT2D eigenvalue weighted by Gasteiger charge is 2.16. The molecule has 166 valence electrons. The van der Waals surface area contributed by atoms with Gasteiger partial charge in [-0.15, -0.1) is 0 Å². The number of hydrogen-bond donors (Lipinski definition) is 1. The Morgan fingerprint density at radius 3 is 2.50 bits per heavy atom. The zero-order chi connectivity index (χ0) is 22.7. The molecule has 0 bridgehead atoms. The Hall–Kier alpha value is -3.15. The molecule has 4 aromatic rings. The summed E-state index contributed by atoms with van der Waals surface area (Å²) in [4.78, 5) is 19.9. The molecule has 32 heavy (non-hydrogen) atoms. The summed E-state index contributed by atoms with van der Waals surface area (Å²) in [5, 5.41) is 5.18. The van der Waals surface area contributed by atoms with E-state index in [1.807, 2.05) is 30.3 Å². The molecular weight excluding hydrogens is 450 g/mol. The fourth-order valence-electron chi connectivity index (χ4n) is 2.94. The van der Waals surface area contributed by atoms with Gasteiger partial charge in [0.2, 0.25) is 10.0 Å². The lowest BCUT2D eigenvalue weighted by molar-refractivity contribution is 0.343. The minimum atomic E-state index is -3.47. The highest BCUT2D eigenvalue weighted by atomic mass is 32.2. The number of thioether (sulfide) groups is 1. The smallest absolute Gasteiger partial charge is 0.262 e. The Morgan fingerprint density at radius 1 is 1.09 bits per heavy atom. The minimum Gasteiger partial charge on any atom is -0.493 e. The predicted molar refractivity (Wildman–Crippen MR) is 123 cm³/mol. The molecule has 0 saturated heterocycles. The van der Waals surface area contributed by atoms with Crippen LogP contribution in [0.25, 0.3) is 16.7 Å².